The van der Waals surface area contributed by atoms with Gasteiger partial charge in [0.25, 0.3) is 0 Å². The molecule has 1 atom stereocenters. The van der Waals surface area contributed by atoms with E-state index in [9.17, 15) is 4.79 Å². The van der Waals surface area contributed by atoms with E-state index in [1.54, 1.807) is 7.11 Å². The van der Waals surface area contributed by atoms with Crippen LogP contribution in [-0.2, 0) is 9.53 Å². The molecule has 4 nitrogen and oxygen atoms in total. The quantitative estimate of drug-likeness (QED) is 0.738. The van der Waals surface area contributed by atoms with Crippen LogP contribution in [0.15, 0.2) is 0 Å². The molecule has 0 aromatic carbocycles. The summed E-state index contributed by atoms with van der Waals surface area (Å²) in [4.78, 5) is 14.1. The topological polar surface area (TPSA) is 41.6 Å². The molecule has 0 spiro atoms. The van der Waals surface area contributed by atoms with E-state index in [0.717, 1.165) is 25.9 Å². The average Bonchev–Trinajstić information content (AvgIpc) is 2.57. The zero-order valence-electron chi connectivity index (χ0n) is 10.9. The molecule has 1 unspecified atom stereocenters. The van der Waals surface area contributed by atoms with Gasteiger partial charge in [0.1, 0.15) is 0 Å². The fraction of sp³-hybridized carbons (Fsp3) is 0.917. The van der Waals surface area contributed by atoms with Crippen LogP contribution >= 0.6 is 0 Å². The highest BCUT2D eigenvalue weighted by Gasteiger charge is 2.39. The summed E-state index contributed by atoms with van der Waals surface area (Å²) in [6, 6.07) is 0.0103. The molecule has 0 bridgehead atoms. The van der Waals surface area contributed by atoms with Crippen LogP contribution in [0.1, 0.15) is 33.6 Å². The fourth-order valence-corrected chi connectivity index (χ4v) is 2.22. The molecule has 0 saturated carbocycles. The standard InChI is InChI=1S/C12H24N2O2/c1-5-7-13-10-6-8-14(11(10)15)12(2,3)9-16-4/h10,13H,5-9H2,1-4H3. The van der Waals surface area contributed by atoms with Crippen molar-refractivity contribution in [1.82, 2.24) is 10.2 Å². The van der Waals surface area contributed by atoms with Crippen LogP contribution in [0.5, 0.6) is 0 Å². The number of hydrogen-bond donors (Lipinski definition) is 1. The maximum Gasteiger partial charge on any atom is 0.240 e. The lowest BCUT2D eigenvalue weighted by molar-refractivity contribution is -0.135. The molecule has 1 aliphatic rings. The maximum absolute atomic E-state index is 12.1. The van der Waals surface area contributed by atoms with Crippen molar-refractivity contribution in [2.75, 3.05) is 26.8 Å². The van der Waals surface area contributed by atoms with E-state index >= 15 is 0 Å². The van der Waals surface area contributed by atoms with Crippen LogP contribution < -0.4 is 5.32 Å². The first-order chi connectivity index (χ1) is 7.53. The molecular formula is C12H24N2O2. The minimum absolute atomic E-state index is 0.0103. The molecule has 0 aromatic rings. The Morgan fingerprint density at radius 1 is 1.56 bits per heavy atom. The van der Waals surface area contributed by atoms with Crippen LogP contribution in [0.25, 0.3) is 0 Å². The number of rotatable bonds is 6. The monoisotopic (exact) mass is 228 g/mol. The molecule has 1 rings (SSSR count). The van der Waals surface area contributed by atoms with Crippen molar-refractivity contribution < 1.29 is 9.53 Å². The molecule has 0 aromatic heterocycles. The zero-order valence-corrected chi connectivity index (χ0v) is 10.9. The number of amides is 1. The number of likely N-dealkylation sites (tertiary alicyclic amines) is 1. The van der Waals surface area contributed by atoms with Crippen molar-refractivity contribution in [2.45, 2.75) is 45.2 Å². The summed E-state index contributed by atoms with van der Waals surface area (Å²) >= 11 is 0. The third kappa shape index (κ3) is 2.95. The van der Waals surface area contributed by atoms with Crippen LogP contribution in [0.2, 0.25) is 0 Å². The molecule has 94 valence electrons. The second-order valence-electron chi connectivity index (χ2n) is 5.03. The van der Waals surface area contributed by atoms with Crippen molar-refractivity contribution in [3.8, 4) is 0 Å². The van der Waals surface area contributed by atoms with E-state index in [1.807, 2.05) is 4.90 Å². The second kappa shape index (κ2) is 5.64. The highest BCUT2D eigenvalue weighted by Crippen LogP contribution is 2.22. The van der Waals surface area contributed by atoms with Crippen LogP contribution in [0.3, 0.4) is 0 Å². The van der Waals surface area contributed by atoms with Crippen LogP contribution in [0, 0.1) is 0 Å². The molecular weight excluding hydrogens is 204 g/mol. The van der Waals surface area contributed by atoms with E-state index in [4.69, 9.17) is 4.74 Å². The predicted octanol–water partition coefficient (Wildman–Crippen LogP) is 1.01. The summed E-state index contributed by atoms with van der Waals surface area (Å²) in [7, 11) is 1.68. The summed E-state index contributed by atoms with van der Waals surface area (Å²) in [6.07, 6.45) is 1.97. The minimum Gasteiger partial charge on any atom is -0.382 e. The summed E-state index contributed by atoms with van der Waals surface area (Å²) in [5, 5.41) is 3.29. The number of hydrogen-bond acceptors (Lipinski definition) is 3. The van der Waals surface area contributed by atoms with E-state index < -0.39 is 0 Å². The SMILES string of the molecule is CCCNC1CCN(C(C)(C)COC)C1=O. The van der Waals surface area contributed by atoms with E-state index in [-0.39, 0.29) is 17.5 Å². The molecule has 1 heterocycles. The molecule has 1 fully saturated rings. The first kappa shape index (κ1) is 13.5. The summed E-state index contributed by atoms with van der Waals surface area (Å²) in [5.74, 6) is 0.218. The van der Waals surface area contributed by atoms with Crippen molar-refractivity contribution in [3.05, 3.63) is 0 Å². The van der Waals surface area contributed by atoms with Gasteiger partial charge in [-0.25, -0.2) is 0 Å². The van der Waals surface area contributed by atoms with Gasteiger partial charge in [-0.15, -0.1) is 0 Å². The first-order valence-electron chi connectivity index (χ1n) is 6.06. The van der Waals surface area contributed by atoms with Crippen molar-refractivity contribution in [1.29, 1.82) is 0 Å². The van der Waals surface area contributed by atoms with Gasteiger partial charge in [0.2, 0.25) is 5.91 Å². The maximum atomic E-state index is 12.1. The molecule has 1 amide bonds. The fourth-order valence-electron chi connectivity index (χ4n) is 2.22. The van der Waals surface area contributed by atoms with Crippen molar-refractivity contribution >= 4 is 5.91 Å². The summed E-state index contributed by atoms with van der Waals surface area (Å²) in [6.45, 7) is 8.54. The highest BCUT2D eigenvalue weighted by atomic mass is 16.5. The largest absolute Gasteiger partial charge is 0.382 e. The van der Waals surface area contributed by atoms with Crippen molar-refractivity contribution in [2.24, 2.45) is 0 Å². The predicted molar refractivity (Wildman–Crippen MR) is 64.4 cm³/mol. The average molecular weight is 228 g/mol. The van der Waals surface area contributed by atoms with Gasteiger partial charge in [-0.1, -0.05) is 6.92 Å². The molecule has 1 aliphatic heterocycles. The number of carbonyl (C=O) groups is 1. The Bertz CT molecular complexity index is 241. The van der Waals surface area contributed by atoms with E-state index in [1.165, 1.54) is 0 Å². The van der Waals surface area contributed by atoms with Gasteiger partial charge in [0.05, 0.1) is 18.2 Å². The van der Waals surface area contributed by atoms with Gasteiger partial charge in [0, 0.05) is 13.7 Å². The van der Waals surface area contributed by atoms with E-state index in [0.29, 0.717) is 6.61 Å². The van der Waals surface area contributed by atoms with E-state index in [2.05, 4.69) is 26.1 Å². The Morgan fingerprint density at radius 3 is 2.81 bits per heavy atom. The lowest BCUT2D eigenvalue weighted by atomic mass is 10.1. The molecule has 4 heteroatoms. The van der Waals surface area contributed by atoms with Gasteiger partial charge in [-0.2, -0.15) is 0 Å². The molecule has 0 aliphatic carbocycles. The zero-order chi connectivity index (χ0) is 12.2. The molecule has 16 heavy (non-hydrogen) atoms. The molecule has 1 saturated heterocycles. The first-order valence-corrected chi connectivity index (χ1v) is 6.06. The summed E-state index contributed by atoms with van der Waals surface area (Å²) < 4.78 is 5.17. The third-order valence-electron chi connectivity index (χ3n) is 3.07. The van der Waals surface area contributed by atoms with Crippen LogP contribution in [0.4, 0.5) is 0 Å². The Morgan fingerprint density at radius 2 is 2.25 bits per heavy atom. The number of methoxy groups -OCH3 is 1. The number of nitrogens with one attached hydrogen (secondary N) is 1. The van der Waals surface area contributed by atoms with Gasteiger partial charge in [-0.05, 0) is 33.2 Å². The van der Waals surface area contributed by atoms with Crippen LogP contribution in [-0.4, -0.2) is 49.2 Å². The third-order valence-corrected chi connectivity index (χ3v) is 3.07. The lowest BCUT2D eigenvalue weighted by Gasteiger charge is -2.35. The molecule has 0 radical (unpaired) electrons. The normalized spacial score (nSPS) is 21.9. The Kier molecular flexibility index (Phi) is 4.74. The number of nitrogens with zero attached hydrogens (tertiary/aromatic N) is 1. The highest BCUT2D eigenvalue weighted by molar-refractivity contribution is 5.84. The van der Waals surface area contributed by atoms with Gasteiger partial charge >= 0.3 is 0 Å². The smallest absolute Gasteiger partial charge is 0.240 e. The van der Waals surface area contributed by atoms with Gasteiger partial charge in [0.15, 0.2) is 0 Å². The Balaban J connectivity index is 2.56. The minimum atomic E-state index is -0.200. The molecule has 1 N–H and O–H groups in total. The lowest BCUT2D eigenvalue weighted by Crippen LogP contribution is -2.50. The Hall–Kier alpha value is -0.610. The second-order valence-corrected chi connectivity index (χ2v) is 5.03. The number of ether oxygens (including phenoxy) is 1. The van der Waals surface area contributed by atoms with Gasteiger partial charge in [-0.3, -0.25) is 4.79 Å². The van der Waals surface area contributed by atoms with Crippen molar-refractivity contribution in [3.63, 3.8) is 0 Å². The Labute approximate surface area is 98.3 Å². The van der Waals surface area contributed by atoms with Gasteiger partial charge < -0.3 is 15.0 Å². The summed E-state index contributed by atoms with van der Waals surface area (Å²) in [5.41, 5.74) is -0.200. The number of carbonyl (C=O) groups excluding carboxylic acids is 1.